The van der Waals surface area contributed by atoms with Gasteiger partial charge in [0.15, 0.2) is 0 Å². The number of urea groups is 1. The number of nitrogens with one attached hydrogen (secondary N) is 2. The Morgan fingerprint density at radius 1 is 1.14 bits per heavy atom. The summed E-state index contributed by atoms with van der Waals surface area (Å²) in [5, 5.41) is 9.24. The number of rotatable bonds is 5. The van der Waals surface area contributed by atoms with Gasteiger partial charge in [0.25, 0.3) is 0 Å². The minimum atomic E-state index is -0.211. The van der Waals surface area contributed by atoms with E-state index in [1.165, 1.54) is 21.5 Å². The van der Waals surface area contributed by atoms with Gasteiger partial charge >= 0.3 is 6.03 Å². The Kier molecular flexibility index (Phi) is 5.74. The first-order valence-corrected chi connectivity index (χ1v) is 11.2. The maximum Gasteiger partial charge on any atom is 0.319 e. The highest BCUT2D eigenvalue weighted by molar-refractivity contribution is 9.10. The molecule has 0 unspecified atom stereocenters. The van der Waals surface area contributed by atoms with Crippen molar-refractivity contribution >= 4 is 49.9 Å². The van der Waals surface area contributed by atoms with Crippen molar-refractivity contribution in [1.82, 2.24) is 9.88 Å². The number of aryl methyl sites for hydroxylation is 2. The summed E-state index contributed by atoms with van der Waals surface area (Å²) in [5.74, 6) is 0. The van der Waals surface area contributed by atoms with Crippen LogP contribution < -0.4 is 10.6 Å². The van der Waals surface area contributed by atoms with Crippen LogP contribution in [0.5, 0.6) is 0 Å². The van der Waals surface area contributed by atoms with Crippen molar-refractivity contribution < 1.29 is 4.79 Å². The molecule has 0 fully saturated rings. The van der Waals surface area contributed by atoms with E-state index in [2.05, 4.69) is 79.8 Å². The summed E-state index contributed by atoms with van der Waals surface area (Å²) in [6.07, 6.45) is 0. The Hall–Kier alpha value is -2.57. The highest BCUT2D eigenvalue weighted by Gasteiger charge is 2.18. The second kappa shape index (κ2) is 8.43. The van der Waals surface area contributed by atoms with Crippen molar-refractivity contribution in [2.45, 2.75) is 26.9 Å². The van der Waals surface area contributed by atoms with Crippen molar-refractivity contribution in [2.75, 3.05) is 5.32 Å². The third-order valence-electron chi connectivity index (χ3n) is 4.99. The zero-order valence-corrected chi connectivity index (χ0v) is 18.7. The number of fused-ring (bicyclic) bond motifs is 1. The molecule has 6 heteroatoms. The first-order valence-electron chi connectivity index (χ1n) is 9.53. The van der Waals surface area contributed by atoms with Gasteiger partial charge in [-0.3, -0.25) is 0 Å². The highest BCUT2D eigenvalue weighted by Crippen LogP contribution is 2.36. The van der Waals surface area contributed by atoms with E-state index in [0.29, 0.717) is 6.54 Å². The van der Waals surface area contributed by atoms with E-state index < -0.39 is 0 Å². The number of carbonyl (C=O) groups excluding carboxylic acids is 1. The molecule has 0 bridgehead atoms. The number of anilines is 1. The fraction of sp³-hybridized carbons (Fsp3) is 0.174. The molecule has 0 aliphatic heterocycles. The number of hydrogen-bond donors (Lipinski definition) is 2. The minimum Gasteiger partial charge on any atom is -0.340 e. The van der Waals surface area contributed by atoms with E-state index in [0.717, 1.165) is 27.8 Å². The maximum atomic E-state index is 12.6. The number of halogens is 1. The van der Waals surface area contributed by atoms with E-state index in [1.54, 1.807) is 11.3 Å². The first kappa shape index (κ1) is 19.7. The Labute approximate surface area is 182 Å². The topological polar surface area (TPSA) is 46.1 Å². The summed E-state index contributed by atoms with van der Waals surface area (Å²) in [5.41, 5.74) is 5.38. The minimum absolute atomic E-state index is 0.211. The lowest BCUT2D eigenvalue weighted by molar-refractivity contribution is 0.252. The molecule has 0 spiro atoms. The normalized spacial score (nSPS) is 11.0. The summed E-state index contributed by atoms with van der Waals surface area (Å²) in [6, 6.07) is 18.2. The summed E-state index contributed by atoms with van der Waals surface area (Å²) >= 11 is 5.21. The maximum absolute atomic E-state index is 12.6. The molecule has 0 aliphatic carbocycles. The van der Waals surface area contributed by atoms with Crippen LogP contribution >= 0.6 is 27.3 Å². The van der Waals surface area contributed by atoms with Gasteiger partial charge in [0.1, 0.15) is 0 Å². The molecule has 2 heterocycles. The van der Waals surface area contributed by atoms with E-state index in [9.17, 15) is 4.79 Å². The van der Waals surface area contributed by atoms with Crippen LogP contribution in [0.3, 0.4) is 0 Å². The molecule has 2 N–H and O–H groups in total. The molecule has 4 aromatic rings. The third-order valence-corrected chi connectivity index (χ3v) is 6.75. The van der Waals surface area contributed by atoms with Crippen molar-refractivity contribution in [2.24, 2.45) is 0 Å². The molecule has 2 aromatic carbocycles. The molecule has 4 rings (SSSR count). The van der Waals surface area contributed by atoms with Crippen molar-refractivity contribution in [1.29, 1.82) is 0 Å². The molecule has 0 saturated heterocycles. The number of nitrogens with zero attached hydrogens (tertiary/aromatic N) is 1. The second-order valence-corrected chi connectivity index (χ2v) is 8.64. The van der Waals surface area contributed by atoms with Crippen molar-refractivity contribution in [3.63, 3.8) is 0 Å². The monoisotopic (exact) mass is 467 g/mol. The van der Waals surface area contributed by atoms with Gasteiger partial charge in [0, 0.05) is 39.7 Å². The van der Waals surface area contributed by atoms with Gasteiger partial charge in [0.05, 0.1) is 10.6 Å². The molecular formula is C23H22BrN3OS. The quantitative estimate of drug-likeness (QED) is 0.333. The van der Waals surface area contributed by atoms with Crippen LogP contribution in [0.15, 0.2) is 64.5 Å². The standard InChI is InChI=1S/C23H22BrN3OS/c1-3-27-20-8-5-4-7-17(20)18(22(27)21-9-6-12-29-21)14-25-23(28)26-16-10-11-19(24)15(2)13-16/h4-13H,3,14H2,1-2H3,(H2,25,26,28). The lowest BCUT2D eigenvalue weighted by atomic mass is 10.1. The lowest BCUT2D eigenvalue weighted by Crippen LogP contribution is -2.28. The van der Waals surface area contributed by atoms with Gasteiger partial charge in [0.2, 0.25) is 0 Å². The van der Waals surface area contributed by atoms with Crippen molar-refractivity contribution in [3.05, 3.63) is 75.6 Å². The van der Waals surface area contributed by atoms with Gasteiger partial charge in [-0.15, -0.1) is 11.3 Å². The molecule has 29 heavy (non-hydrogen) atoms. The van der Waals surface area contributed by atoms with Crippen LogP contribution in [0.25, 0.3) is 21.5 Å². The van der Waals surface area contributed by atoms with Crippen LogP contribution in [0.1, 0.15) is 18.1 Å². The number of aromatic nitrogens is 1. The zero-order valence-electron chi connectivity index (χ0n) is 16.3. The third kappa shape index (κ3) is 3.95. The average molecular weight is 468 g/mol. The van der Waals surface area contributed by atoms with Crippen LogP contribution in [-0.2, 0) is 13.1 Å². The summed E-state index contributed by atoms with van der Waals surface area (Å²) in [6.45, 7) is 5.49. The molecule has 0 atom stereocenters. The molecule has 2 aromatic heterocycles. The summed E-state index contributed by atoms with van der Waals surface area (Å²) in [4.78, 5) is 13.8. The fourth-order valence-corrected chi connectivity index (χ4v) is 4.70. The van der Waals surface area contributed by atoms with E-state index in [1.807, 2.05) is 25.1 Å². The van der Waals surface area contributed by atoms with Crippen LogP contribution in [0, 0.1) is 6.92 Å². The predicted octanol–water partition coefficient (Wildman–Crippen LogP) is 6.78. The van der Waals surface area contributed by atoms with E-state index in [4.69, 9.17) is 0 Å². The molecule has 4 nitrogen and oxygen atoms in total. The van der Waals surface area contributed by atoms with Gasteiger partial charge in [-0.05, 0) is 55.1 Å². The average Bonchev–Trinajstić information content (AvgIpc) is 3.34. The van der Waals surface area contributed by atoms with Crippen LogP contribution in [0.4, 0.5) is 10.5 Å². The van der Waals surface area contributed by atoms with Gasteiger partial charge in [-0.2, -0.15) is 0 Å². The molecule has 0 saturated carbocycles. The number of thiophene rings is 1. The Balaban J connectivity index is 1.63. The number of amides is 2. The number of para-hydroxylation sites is 1. The molecule has 2 amide bonds. The zero-order chi connectivity index (χ0) is 20.4. The van der Waals surface area contributed by atoms with E-state index in [-0.39, 0.29) is 6.03 Å². The molecular weight excluding hydrogens is 446 g/mol. The van der Waals surface area contributed by atoms with Gasteiger partial charge < -0.3 is 15.2 Å². The summed E-state index contributed by atoms with van der Waals surface area (Å²) < 4.78 is 3.35. The lowest BCUT2D eigenvalue weighted by Gasteiger charge is -2.11. The highest BCUT2D eigenvalue weighted by atomic mass is 79.9. The number of hydrogen-bond acceptors (Lipinski definition) is 2. The Morgan fingerprint density at radius 3 is 2.69 bits per heavy atom. The molecule has 148 valence electrons. The SMILES string of the molecule is CCn1c(-c2cccs2)c(CNC(=O)Nc2ccc(Br)c(C)c2)c2ccccc21. The van der Waals surface area contributed by atoms with Crippen molar-refractivity contribution in [3.8, 4) is 10.6 Å². The largest absolute Gasteiger partial charge is 0.340 e. The van der Waals surface area contributed by atoms with Gasteiger partial charge in [-0.1, -0.05) is 40.2 Å². The van der Waals surface area contributed by atoms with Crippen LogP contribution in [0.2, 0.25) is 0 Å². The smallest absolute Gasteiger partial charge is 0.319 e. The van der Waals surface area contributed by atoms with Gasteiger partial charge in [-0.25, -0.2) is 4.79 Å². The molecule has 0 aliphatic rings. The Bertz CT molecular complexity index is 1160. The fourth-order valence-electron chi connectivity index (χ4n) is 3.64. The van der Waals surface area contributed by atoms with E-state index >= 15 is 0 Å². The van der Waals surface area contributed by atoms with Crippen LogP contribution in [-0.4, -0.2) is 10.6 Å². The predicted molar refractivity (Wildman–Crippen MR) is 126 cm³/mol. The number of carbonyl (C=O) groups is 1. The second-order valence-electron chi connectivity index (χ2n) is 6.84. The first-order chi connectivity index (χ1) is 14.1. The molecule has 0 radical (unpaired) electrons. The Morgan fingerprint density at radius 2 is 1.97 bits per heavy atom. The number of benzene rings is 2. The summed E-state index contributed by atoms with van der Waals surface area (Å²) in [7, 11) is 0.